The van der Waals surface area contributed by atoms with Crippen molar-refractivity contribution in [3.05, 3.63) is 59.4 Å². The molecule has 3 nitrogen and oxygen atoms in total. The maximum Gasteiger partial charge on any atom is 0.260 e. The molecule has 20 heavy (non-hydrogen) atoms. The summed E-state index contributed by atoms with van der Waals surface area (Å²) in [5.74, 6) is -0.669. The molecule has 0 aromatic heterocycles. The predicted octanol–water partition coefficient (Wildman–Crippen LogP) is 3.38. The van der Waals surface area contributed by atoms with Crippen molar-refractivity contribution in [1.82, 2.24) is 0 Å². The van der Waals surface area contributed by atoms with E-state index in [-0.39, 0.29) is 11.6 Å². The number of para-hydroxylation sites is 1. The monoisotopic (exact) mass is 272 g/mol. The third-order valence-electron chi connectivity index (χ3n) is 3.21. The number of hydrogen-bond acceptors (Lipinski definition) is 2. The van der Waals surface area contributed by atoms with E-state index in [9.17, 15) is 9.18 Å². The van der Waals surface area contributed by atoms with Crippen molar-refractivity contribution in [3.8, 4) is 0 Å². The van der Waals surface area contributed by atoms with Crippen molar-refractivity contribution in [3.63, 3.8) is 0 Å². The smallest absolute Gasteiger partial charge is 0.260 e. The highest BCUT2D eigenvalue weighted by Gasteiger charge is 2.19. The zero-order valence-electron chi connectivity index (χ0n) is 11.6. The van der Waals surface area contributed by atoms with Crippen molar-refractivity contribution in [2.24, 2.45) is 0 Å². The number of carbonyl (C=O) groups excluding carboxylic acids is 1. The van der Waals surface area contributed by atoms with Crippen molar-refractivity contribution in [2.45, 2.75) is 13.8 Å². The summed E-state index contributed by atoms with van der Waals surface area (Å²) in [6.45, 7) is 4.35. The third-order valence-corrected chi connectivity index (χ3v) is 3.21. The van der Waals surface area contributed by atoms with Crippen LogP contribution in [0.4, 0.5) is 15.8 Å². The SMILES string of the molecule is CCN(C(=O)c1ccc(F)cc1N)c1ccccc1C. The van der Waals surface area contributed by atoms with Crippen molar-refractivity contribution < 1.29 is 9.18 Å². The molecular formula is C16H17FN2O. The lowest BCUT2D eigenvalue weighted by Gasteiger charge is -2.23. The lowest BCUT2D eigenvalue weighted by atomic mass is 10.1. The van der Waals surface area contributed by atoms with Crippen LogP contribution in [0.2, 0.25) is 0 Å². The fraction of sp³-hybridized carbons (Fsp3) is 0.188. The number of rotatable bonds is 3. The number of nitrogens with two attached hydrogens (primary N) is 1. The van der Waals surface area contributed by atoms with Crippen LogP contribution in [0.15, 0.2) is 42.5 Å². The summed E-state index contributed by atoms with van der Waals surface area (Å²) in [5.41, 5.74) is 8.05. The highest BCUT2D eigenvalue weighted by molar-refractivity contribution is 6.09. The summed E-state index contributed by atoms with van der Waals surface area (Å²) in [7, 11) is 0. The molecule has 0 aliphatic heterocycles. The predicted molar refractivity (Wildman–Crippen MR) is 79.3 cm³/mol. The molecule has 2 rings (SSSR count). The topological polar surface area (TPSA) is 46.3 Å². The summed E-state index contributed by atoms with van der Waals surface area (Å²) in [5, 5.41) is 0. The van der Waals surface area contributed by atoms with Gasteiger partial charge >= 0.3 is 0 Å². The Hall–Kier alpha value is -2.36. The maximum absolute atomic E-state index is 13.1. The molecule has 0 bridgehead atoms. The highest BCUT2D eigenvalue weighted by atomic mass is 19.1. The van der Waals surface area contributed by atoms with Crippen LogP contribution in [0.25, 0.3) is 0 Å². The molecule has 2 aromatic rings. The van der Waals surface area contributed by atoms with Gasteiger partial charge in [-0.05, 0) is 43.7 Å². The van der Waals surface area contributed by atoms with Gasteiger partial charge in [0.25, 0.3) is 5.91 Å². The minimum atomic E-state index is -0.446. The molecule has 0 atom stereocenters. The van der Waals surface area contributed by atoms with Gasteiger partial charge in [0.2, 0.25) is 0 Å². The molecule has 0 saturated carbocycles. The normalized spacial score (nSPS) is 10.3. The molecule has 1 amide bonds. The van der Waals surface area contributed by atoms with Gasteiger partial charge in [-0.25, -0.2) is 4.39 Å². The van der Waals surface area contributed by atoms with Gasteiger partial charge in [0.05, 0.1) is 5.56 Å². The molecule has 2 N–H and O–H groups in total. The lowest BCUT2D eigenvalue weighted by Crippen LogP contribution is -2.31. The Kier molecular flexibility index (Phi) is 4.03. The molecule has 0 saturated heterocycles. The Morgan fingerprint density at radius 3 is 2.55 bits per heavy atom. The number of hydrogen-bond donors (Lipinski definition) is 1. The summed E-state index contributed by atoms with van der Waals surface area (Å²) < 4.78 is 13.1. The maximum atomic E-state index is 13.1. The van der Waals surface area contributed by atoms with Gasteiger partial charge < -0.3 is 10.6 Å². The number of amides is 1. The van der Waals surface area contributed by atoms with Crippen molar-refractivity contribution in [1.29, 1.82) is 0 Å². The van der Waals surface area contributed by atoms with Crippen LogP contribution in [0.3, 0.4) is 0 Å². The molecule has 0 heterocycles. The van der Waals surface area contributed by atoms with E-state index < -0.39 is 5.82 Å². The minimum absolute atomic E-state index is 0.155. The first-order chi connectivity index (χ1) is 9.54. The molecule has 2 aromatic carbocycles. The van der Waals surface area contributed by atoms with E-state index in [4.69, 9.17) is 5.73 Å². The molecule has 0 spiro atoms. The van der Waals surface area contributed by atoms with Crippen LogP contribution in [-0.4, -0.2) is 12.5 Å². The first-order valence-corrected chi connectivity index (χ1v) is 6.47. The second-order valence-corrected chi connectivity index (χ2v) is 4.57. The first-order valence-electron chi connectivity index (χ1n) is 6.47. The Morgan fingerprint density at radius 1 is 1.25 bits per heavy atom. The minimum Gasteiger partial charge on any atom is -0.398 e. The average molecular weight is 272 g/mol. The number of nitrogens with zero attached hydrogens (tertiary/aromatic N) is 1. The second-order valence-electron chi connectivity index (χ2n) is 4.57. The first kappa shape index (κ1) is 14.1. The molecular weight excluding hydrogens is 255 g/mol. The molecule has 0 unspecified atom stereocenters. The van der Waals surface area contributed by atoms with Gasteiger partial charge in [-0.3, -0.25) is 4.79 Å². The van der Waals surface area contributed by atoms with E-state index in [0.29, 0.717) is 12.1 Å². The van der Waals surface area contributed by atoms with E-state index >= 15 is 0 Å². The summed E-state index contributed by atoms with van der Waals surface area (Å²) >= 11 is 0. The second kappa shape index (κ2) is 5.74. The summed E-state index contributed by atoms with van der Waals surface area (Å²) in [4.78, 5) is 14.2. The Bertz CT molecular complexity index is 640. The third kappa shape index (κ3) is 2.64. The summed E-state index contributed by atoms with van der Waals surface area (Å²) in [6.07, 6.45) is 0. The van der Waals surface area contributed by atoms with Crippen LogP contribution in [0, 0.1) is 12.7 Å². The molecule has 0 aliphatic carbocycles. The zero-order chi connectivity index (χ0) is 14.7. The van der Waals surface area contributed by atoms with E-state index in [2.05, 4.69) is 0 Å². The molecule has 0 aliphatic rings. The van der Waals surface area contributed by atoms with Crippen LogP contribution >= 0.6 is 0 Å². The van der Waals surface area contributed by atoms with Crippen molar-refractivity contribution in [2.75, 3.05) is 17.2 Å². The Labute approximate surface area is 117 Å². The van der Waals surface area contributed by atoms with Gasteiger partial charge in [0.1, 0.15) is 5.82 Å². The van der Waals surface area contributed by atoms with Crippen LogP contribution in [-0.2, 0) is 0 Å². The van der Waals surface area contributed by atoms with Crippen LogP contribution in [0.5, 0.6) is 0 Å². The number of nitrogen functional groups attached to an aromatic ring is 1. The quantitative estimate of drug-likeness (QED) is 0.871. The Balaban J connectivity index is 2.42. The van der Waals surface area contributed by atoms with E-state index in [1.54, 1.807) is 4.90 Å². The average Bonchev–Trinajstić information content (AvgIpc) is 2.41. The zero-order valence-corrected chi connectivity index (χ0v) is 11.6. The Morgan fingerprint density at radius 2 is 1.95 bits per heavy atom. The lowest BCUT2D eigenvalue weighted by molar-refractivity contribution is 0.0989. The van der Waals surface area contributed by atoms with Gasteiger partial charge in [-0.1, -0.05) is 18.2 Å². The fourth-order valence-electron chi connectivity index (χ4n) is 2.16. The van der Waals surface area contributed by atoms with Crippen LogP contribution < -0.4 is 10.6 Å². The number of carbonyl (C=O) groups is 1. The van der Waals surface area contributed by atoms with Gasteiger partial charge in [0.15, 0.2) is 0 Å². The number of benzene rings is 2. The number of aryl methyl sites for hydroxylation is 1. The van der Waals surface area contributed by atoms with Gasteiger partial charge in [-0.15, -0.1) is 0 Å². The molecule has 0 fully saturated rings. The highest BCUT2D eigenvalue weighted by Crippen LogP contribution is 2.23. The largest absolute Gasteiger partial charge is 0.398 e. The molecule has 4 heteroatoms. The van der Waals surface area contributed by atoms with Crippen molar-refractivity contribution >= 4 is 17.3 Å². The summed E-state index contributed by atoms with van der Waals surface area (Å²) in [6, 6.07) is 11.5. The van der Waals surface area contributed by atoms with E-state index in [0.717, 1.165) is 11.3 Å². The van der Waals surface area contributed by atoms with E-state index in [1.807, 2.05) is 38.1 Å². The van der Waals surface area contributed by atoms with Crippen LogP contribution in [0.1, 0.15) is 22.8 Å². The number of halogens is 1. The van der Waals surface area contributed by atoms with Gasteiger partial charge in [0, 0.05) is 17.9 Å². The molecule has 104 valence electrons. The van der Waals surface area contributed by atoms with Gasteiger partial charge in [-0.2, -0.15) is 0 Å². The van der Waals surface area contributed by atoms with E-state index in [1.165, 1.54) is 18.2 Å². The molecule has 0 radical (unpaired) electrons. The number of anilines is 2. The standard InChI is InChI=1S/C16H17FN2O/c1-3-19(15-7-5-4-6-11(15)2)16(20)13-9-8-12(17)10-14(13)18/h4-10H,3,18H2,1-2H3. The fourth-order valence-corrected chi connectivity index (χ4v) is 2.16.